The molecular weight excluding hydrogens is 250 g/mol. The standard InChI is InChI=1S/C8H8O3S.C5H5N/c1-2-7-5-3-4-6-8(7)12(9,10)11;1-2-4-6-5-3-1/h2-6H,1H2,(H,9,10,11);1-5H. The Morgan fingerprint density at radius 2 is 1.67 bits per heavy atom. The van der Waals surface area contributed by atoms with Crippen molar-refractivity contribution in [3.63, 3.8) is 0 Å². The molecule has 0 spiro atoms. The van der Waals surface area contributed by atoms with E-state index in [1.807, 2.05) is 18.2 Å². The summed E-state index contributed by atoms with van der Waals surface area (Å²) in [4.78, 5) is 3.67. The molecule has 0 bridgehead atoms. The quantitative estimate of drug-likeness (QED) is 0.846. The van der Waals surface area contributed by atoms with Crippen molar-refractivity contribution in [3.8, 4) is 0 Å². The van der Waals surface area contributed by atoms with Crippen LogP contribution >= 0.6 is 0 Å². The van der Waals surface area contributed by atoms with Crippen LogP contribution in [0.4, 0.5) is 0 Å². The first-order valence-corrected chi connectivity index (χ1v) is 6.53. The lowest BCUT2D eigenvalue weighted by molar-refractivity contribution is 0.483. The molecule has 0 fully saturated rings. The Hall–Kier alpha value is -1.98. The maximum atomic E-state index is 10.7. The third kappa shape index (κ3) is 4.48. The highest BCUT2D eigenvalue weighted by Gasteiger charge is 2.11. The number of hydrogen-bond acceptors (Lipinski definition) is 3. The van der Waals surface area contributed by atoms with Crippen LogP contribution in [0.5, 0.6) is 0 Å². The molecule has 1 aromatic heterocycles. The van der Waals surface area contributed by atoms with E-state index in [0.29, 0.717) is 5.56 Å². The zero-order valence-electron chi connectivity index (χ0n) is 9.60. The zero-order chi connectivity index (χ0) is 13.4. The fraction of sp³-hybridized carbons (Fsp3) is 0. The van der Waals surface area contributed by atoms with E-state index in [2.05, 4.69) is 11.6 Å². The molecule has 0 aliphatic heterocycles. The topological polar surface area (TPSA) is 67.3 Å². The van der Waals surface area contributed by atoms with E-state index in [1.165, 1.54) is 18.2 Å². The van der Waals surface area contributed by atoms with Crippen LogP contribution in [-0.2, 0) is 10.1 Å². The molecular formula is C13H13NO3S. The molecule has 2 aromatic rings. The van der Waals surface area contributed by atoms with E-state index in [1.54, 1.807) is 24.5 Å². The molecule has 0 amide bonds. The van der Waals surface area contributed by atoms with Crippen LogP contribution in [0.3, 0.4) is 0 Å². The Balaban J connectivity index is 0.000000225. The number of benzene rings is 1. The third-order valence-electron chi connectivity index (χ3n) is 1.98. The Kier molecular flexibility index (Phi) is 5.23. The van der Waals surface area contributed by atoms with Crippen LogP contribution in [0.1, 0.15) is 5.56 Å². The summed E-state index contributed by atoms with van der Waals surface area (Å²) < 4.78 is 30.2. The van der Waals surface area contributed by atoms with Gasteiger partial charge in [0.1, 0.15) is 4.90 Å². The molecule has 94 valence electrons. The number of hydrogen-bond donors (Lipinski definition) is 1. The second-order valence-corrected chi connectivity index (χ2v) is 4.63. The van der Waals surface area contributed by atoms with Crippen LogP contribution in [0, 0.1) is 0 Å². The minimum absolute atomic E-state index is 0.111. The maximum absolute atomic E-state index is 10.7. The molecule has 0 aliphatic rings. The normalized spacial score (nSPS) is 10.1. The van der Waals surface area contributed by atoms with Crippen molar-refractivity contribution in [2.24, 2.45) is 0 Å². The smallest absolute Gasteiger partial charge is 0.282 e. The van der Waals surface area contributed by atoms with Crippen molar-refractivity contribution >= 4 is 16.2 Å². The van der Waals surface area contributed by atoms with Gasteiger partial charge in [-0.3, -0.25) is 9.54 Å². The summed E-state index contributed by atoms with van der Waals surface area (Å²) in [6, 6.07) is 11.8. The van der Waals surface area contributed by atoms with Crippen LogP contribution in [0.15, 0.2) is 66.3 Å². The molecule has 2 rings (SSSR count). The lowest BCUT2D eigenvalue weighted by atomic mass is 10.2. The van der Waals surface area contributed by atoms with Crippen molar-refractivity contribution in [2.75, 3.05) is 0 Å². The summed E-state index contributed by atoms with van der Waals surface area (Å²) >= 11 is 0. The molecule has 0 atom stereocenters. The monoisotopic (exact) mass is 263 g/mol. The Morgan fingerprint density at radius 1 is 1.06 bits per heavy atom. The van der Waals surface area contributed by atoms with Gasteiger partial charge in [0.15, 0.2) is 0 Å². The van der Waals surface area contributed by atoms with E-state index in [0.717, 1.165) is 0 Å². The molecule has 0 unspecified atom stereocenters. The van der Waals surface area contributed by atoms with Gasteiger partial charge < -0.3 is 0 Å². The second kappa shape index (κ2) is 6.68. The van der Waals surface area contributed by atoms with Gasteiger partial charge in [0.25, 0.3) is 10.1 Å². The molecule has 0 saturated heterocycles. The molecule has 1 heterocycles. The number of nitrogens with zero attached hydrogens (tertiary/aromatic N) is 1. The van der Waals surface area contributed by atoms with Crippen molar-refractivity contribution in [1.82, 2.24) is 4.98 Å². The predicted molar refractivity (Wildman–Crippen MR) is 70.6 cm³/mol. The fourth-order valence-corrected chi connectivity index (χ4v) is 1.90. The summed E-state index contributed by atoms with van der Waals surface area (Å²) in [7, 11) is -4.12. The summed E-state index contributed by atoms with van der Waals surface area (Å²) in [6.07, 6.45) is 4.88. The van der Waals surface area contributed by atoms with Crippen LogP contribution in [-0.4, -0.2) is 18.0 Å². The molecule has 0 saturated carbocycles. The molecule has 1 aromatic carbocycles. The first kappa shape index (κ1) is 14.1. The van der Waals surface area contributed by atoms with Gasteiger partial charge in [-0.15, -0.1) is 0 Å². The van der Waals surface area contributed by atoms with Crippen LogP contribution < -0.4 is 0 Å². The van der Waals surface area contributed by atoms with Gasteiger partial charge in [-0.2, -0.15) is 8.42 Å². The molecule has 1 N–H and O–H groups in total. The Bertz CT molecular complexity index is 568. The minimum atomic E-state index is -4.12. The highest BCUT2D eigenvalue weighted by Crippen LogP contribution is 2.15. The first-order valence-electron chi connectivity index (χ1n) is 5.09. The number of rotatable bonds is 2. The van der Waals surface area contributed by atoms with Gasteiger partial charge in [0.2, 0.25) is 0 Å². The molecule has 18 heavy (non-hydrogen) atoms. The van der Waals surface area contributed by atoms with E-state index in [-0.39, 0.29) is 4.90 Å². The van der Waals surface area contributed by atoms with Crippen molar-refractivity contribution in [1.29, 1.82) is 0 Å². The van der Waals surface area contributed by atoms with Gasteiger partial charge in [0.05, 0.1) is 0 Å². The fourth-order valence-electron chi connectivity index (χ4n) is 1.20. The van der Waals surface area contributed by atoms with Crippen molar-refractivity contribution in [2.45, 2.75) is 4.90 Å². The van der Waals surface area contributed by atoms with E-state index < -0.39 is 10.1 Å². The van der Waals surface area contributed by atoms with Gasteiger partial charge in [-0.25, -0.2) is 0 Å². The highest BCUT2D eigenvalue weighted by atomic mass is 32.2. The number of pyridine rings is 1. The number of aromatic nitrogens is 1. The highest BCUT2D eigenvalue weighted by molar-refractivity contribution is 7.85. The Labute approximate surface area is 106 Å². The zero-order valence-corrected chi connectivity index (χ0v) is 10.4. The summed E-state index contributed by atoms with van der Waals surface area (Å²) in [6.45, 7) is 3.43. The van der Waals surface area contributed by atoms with Gasteiger partial charge >= 0.3 is 0 Å². The average molecular weight is 263 g/mol. The van der Waals surface area contributed by atoms with Crippen LogP contribution in [0.25, 0.3) is 6.08 Å². The lowest BCUT2D eigenvalue weighted by Gasteiger charge is -2.00. The molecule has 4 nitrogen and oxygen atoms in total. The van der Waals surface area contributed by atoms with Gasteiger partial charge in [-0.1, -0.05) is 36.9 Å². The summed E-state index contributed by atoms with van der Waals surface area (Å²) in [5, 5.41) is 0. The van der Waals surface area contributed by atoms with Crippen molar-refractivity contribution in [3.05, 3.63) is 67.0 Å². The van der Waals surface area contributed by atoms with E-state index >= 15 is 0 Å². The molecule has 0 aliphatic carbocycles. The first-order chi connectivity index (χ1) is 8.55. The van der Waals surface area contributed by atoms with Gasteiger partial charge in [0, 0.05) is 12.4 Å². The maximum Gasteiger partial charge on any atom is 0.295 e. The lowest BCUT2D eigenvalue weighted by Crippen LogP contribution is -1.99. The molecule has 0 radical (unpaired) electrons. The SMILES string of the molecule is C=Cc1ccccc1S(=O)(=O)O.c1ccncc1. The summed E-state index contributed by atoms with van der Waals surface area (Å²) in [5.74, 6) is 0. The third-order valence-corrected chi connectivity index (χ3v) is 2.91. The van der Waals surface area contributed by atoms with Gasteiger partial charge in [-0.05, 0) is 23.8 Å². The average Bonchev–Trinajstić information content (AvgIpc) is 2.40. The van der Waals surface area contributed by atoms with E-state index in [4.69, 9.17) is 4.55 Å². The second-order valence-electron chi connectivity index (χ2n) is 3.24. The minimum Gasteiger partial charge on any atom is -0.282 e. The summed E-state index contributed by atoms with van der Waals surface area (Å²) in [5.41, 5.74) is 0.403. The van der Waals surface area contributed by atoms with Crippen LogP contribution in [0.2, 0.25) is 0 Å². The molecule has 5 heteroatoms. The predicted octanol–water partition coefficient (Wildman–Crippen LogP) is 2.66. The largest absolute Gasteiger partial charge is 0.295 e. The van der Waals surface area contributed by atoms with Crippen molar-refractivity contribution < 1.29 is 13.0 Å². The Morgan fingerprint density at radius 3 is 2.00 bits per heavy atom. The van der Waals surface area contributed by atoms with E-state index in [9.17, 15) is 8.42 Å².